The summed E-state index contributed by atoms with van der Waals surface area (Å²) in [5.74, 6) is 2.86. The van der Waals surface area contributed by atoms with Crippen LogP contribution in [0.5, 0.6) is 5.88 Å². The van der Waals surface area contributed by atoms with Gasteiger partial charge in [-0.15, -0.1) is 0 Å². The van der Waals surface area contributed by atoms with Gasteiger partial charge >= 0.3 is 0 Å². The number of hydrogen-bond donors (Lipinski definition) is 0. The zero-order chi connectivity index (χ0) is 14.0. The van der Waals surface area contributed by atoms with Crippen LogP contribution in [-0.2, 0) is 0 Å². The number of aryl methyl sites for hydroxylation is 1. The lowest BCUT2D eigenvalue weighted by Gasteiger charge is -2.37. The van der Waals surface area contributed by atoms with Gasteiger partial charge in [-0.3, -0.25) is 0 Å². The average molecular weight is 326 g/mol. The Hall–Kier alpha value is -0.570. The van der Waals surface area contributed by atoms with Gasteiger partial charge < -0.3 is 4.74 Å². The summed E-state index contributed by atoms with van der Waals surface area (Å²) in [7, 11) is 0. The second-order valence-electron chi connectivity index (χ2n) is 6.20. The van der Waals surface area contributed by atoms with Crippen LogP contribution in [0.2, 0.25) is 0 Å². The van der Waals surface area contributed by atoms with Crippen LogP contribution in [0.25, 0.3) is 0 Å². The van der Waals surface area contributed by atoms with Gasteiger partial charge in [-0.25, -0.2) is 4.98 Å². The highest BCUT2D eigenvalue weighted by Crippen LogP contribution is 2.35. The molecule has 0 saturated heterocycles. The molecule has 1 aromatic rings. The van der Waals surface area contributed by atoms with Gasteiger partial charge in [0.05, 0.1) is 5.69 Å². The van der Waals surface area contributed by atoms with Crippen molar-refractivity contribution in [1.29, 1.82) is 0 Å². The number of hydrogen-bond acceptors (Lipinski definition) is 2. The molecule has 0 bridgehead atoms. The summed E-state index contributed by atoms with van der Waals surface area (Å²) in [6, 6.07) is 3.99. The molecule has 1 saturated carbocycles. The minimum Gasteiger partial charge on any atom is -0.474 e. The quantitative estimate of drug-likeness (QED) is 0.780. The number of aromatic nitrogens is 1. The van der Waals surface area contributed by atoms with E-state index in [-0.39, 0.29) is 0 Å². The second kappa shape index (κ2) is 6.25. The molecule has 3 atom stereocenters. The van der Waals surface area contributed by atoms with Gasteiger partial charge in [-0.2, -0.15) is 0 Å². The van der Waals surface area contributed by atoms with Gasteiger partial charge in [0.25, 0.3) is 0 Å². The summed E-state index contributed by atoms with van der Waals surface area (Å²) >= 11 is 3.48. The van der Waals surface area contributed by atoms with E-state index in [4.69, 9.17) is 4.74 Å². The second-order valence-corrected chi connectivity index (χ2v) is 7.05. The molecule has 0 aliphatic heterocycles. The van der Waals surface area contributed by atoms with Crippen molar-refractivity contribution in [3.63, 3.8) is 0 Å². The highest BCUT2D eigenvalue weighted by atomic mass is 79.9. The molecule has 3 unspecified atom stereocenters. The summed E-state index contributed by atoms with van der Waals surface area (Å²) in [6.07, 6.45) is 4.07. The van der Waals surface area contributed by atoms with Crippen molar-refractivity contribution in [3.05, 3.63) is 22.3 Å². The van der Waals surface area contributed by atoms with Gasteiger partial charge in [0.15, 0.2) is 0 Å². The maximum Gasteiger partial charge on any atom is 0.213 e. The minimum absolute atomic E-state index is 0.317. The molecule has 0 N–H and O–H groups in total. The Bertz CT molecular complexity index is 433. The fourth-order valence-corrected chi connectivity index (χ4v) is 3.21. The molecule has 1 fully saturated rings. The first-order valence-corrected chi connectivity index (χ1v) is 8.06. The number of nitrogens with zero attached hydrogens (tertiary/aromatic N) is 1. The summed E-state index contributed by atoms with van der Waals surface area (Å²) < 4.78 is 7.24. The van der Waals surface area contributed by atoms with E-state index in [1.165, 1.54) is 12.8 Å². The van der Waals surface area contributed by atoms with Gasteiger partial charge in [-0.1, -0.05) is 27.2 Å². The normalized spacial score (nSPS) is 27.6. The highest BCUT2D eigenvalue weighted by molar-refractivity contribution is 9.10. The van der Waals surface area contributed by atoms with Crippen molar-refractivity contribution >= 4 is 15.9 Å². The topological polar surface area (TPSA) is 22.1 Å². The first-order valence-electron chi connectivity index (χ1n) is 7.27. The molecular weight excluding hydrogens is 302 g/mol. The Morgan fingerprint density at radius 1 is 1.32 bits per heavy atom. The van der Waals surface area contributed by atoms with Crippen LogP contribution >= 0.6 is 15.9 Å². The number of pyridine rings is 1. The van der Waals surface area contributed by atoms with Crippen molar-refractivity contribution < 1.29 is 4.74 Å². The van der Waals surface area contributed by atoms with Crippen molar-refractivity contribution in [3.8, 4) is 5.88 Å². The van der Waals surface area contributed by atoms with Crippen molar-refractivity contribution in [2.45, 2.75) is 53.1 Å². The molecule has 3 heteroatoms. The number of rotatable bonds is 3. The van der Waals surface area contributed by atoms with E-state index in [0.29, 0.717) is 17.9 Å². The molecule has 0 amide bonds. The molecule has 0 aromatic carbocycles. The first kappa shape index (κ1) is 14.8. The molecule has 19 heavy (non-hydrogen) atoms. The van der Waals surface area contributed by atoms with Crippen LogP contribution in [0.1, 0.15) is 45.7 Å². The Kier molecular flexibility index (Phi) is 4.88. The molecule has 0 spiro atoms. The van der Waals surface area contributed by atoms with Crippen LogP contribution in [0, 0.1) is 24.7 Å². The molecule has 1 aliphatic carbocycles. The third kappa shape index (κ3) is 3.71. The summed E-state index contributed by atoms with van der Waals surface area (Å²) in [6.45, 7) is 8.93. The van der Waals surface area contributed by atoms with Crippen LogP contribution in [0.4, 0.5) is 0 Å². The van der Waals surface area contributed by atoms with Gasteiger partial charge in [0.1, 0.15) is 6.10 Å². The van der Waals surface area contributed by atoms with Crippen molar-refractivity contribution in [1.82, 2.24) is 4.98 Å². The molecule has 1 heterocycles. The van der Waals surface area contributed by atoms with E-state index in [2.05, 4.69) is 41.7 Å². The standard InChI is InChI=1S/C16H24BrNO/c1-10(2)13-6-5-11(3)9-15(13)19-16-8-7-14(17)12(4)18-16/h7-8,10-11,13,15H,5-6,9H2,1-4H3. The zero-order valence-corrected chi connectivity index (χ0v) is 13.9. The summed E-state index contributed by atoms with van der Waals surface area (Å²) in [4.78, 5) is 4.52. The third-order valence-electron chi connectivity index (χ3n) is 4.23. The summed E-state index contributed by atoms with van der Waals surface area (Å²) in [5, 5.41) is 0. The van der Waals surface area contributed by atoms with E-state index in [1.54, 1.807) is 0 Å². The van der Waals surface area contributed by atoms with Crippen molar-refractivity contribution in [2.75, 3.05) is 0 Å². The Morgan fingerprint density at radius 2 is 2.05 bits per heavy atom. The maximum absolute atomic E-state index is 6.20. The van der Waals surface area contributed by atoms with Crippen LogP contribution in [0.15, 0.2) is 16.6 Å². The van der Waals surface area contributed by atoms with E-state index in [0.717, 1.165) is 28.4 Å². The van der Waals surface area contributed by atoms with Gasteiger partial charge in [-0.05, 0) is 59.5 Å². The van der Waals surface area contributed by atoms with Crippen LogP contribution in [-0.4, -0.2) is 11.1 Å². The lowest BCUT2D eigenvalue weighted by Crippen LogP contribution is -2.36. The molecular formula is C16H24BrNO. The predicted octanol–water partition coefficient (Wildman–Crippen LogP) is 4.99. The Morgan fingerprint density at radius 3 is 2.68 bits per heavy atom. The molecule has 2 rings (SSSR count). The van der Waals surface area contributed by atoms with E-state index in [1.807, 2.05) is 19.1 Å². The lowest BCUT2D eigenvalue weighted by molar-refractivity contribution is 0.0425. The molecule has 1 aromatic heterocycles. The molecule has 0 radical (unpaired) electrons. The van der Waals surface area contributed by atoms with E-state index < -0.39 is 0 Å². The number of halogens is 1. The number of ether oxygens (including phenoxy) is 1. The van der Waals surface area contributed by atoms with Gasteiger partial charge in [0.2, 0.25) is 5.88 Å². The van der Waals surface area contributed by atoms with E-state index in [9.17, 15) is 0 Å². The average Bonchev–Trinajstić information content (AvgIpc) is 2.33. The largest absolute Gasteiger partial charge is 0.474 e. The maximum atomic E-state index is 6.20. The van der Waals surface area contributed by atoms with Crippen LogP contribution in [0.3, 0.4) is 0 Å². The predicted molar refractivity (Wildman–Crippen MR) is 82.4 cm³/mol. The molecule has 106 valence electrons. The fraction of sp³-hybridized carbons (Fsp3) is 0.688. The summed E-state index contributed by atoms with van der Waals surface area (Å²) in [5.41, 5.74) is 0.988. The first-order chi connectivity index (χ1) is 8.97. The Labute approximate surface area is 125 Å². The Balaban J connectivity index is 2.11. The smallest absolute Gasteiger partial charge is 0.213 e. The SMILES string of the molecule is Cc1nc(OC2CC(C)CCC2C(C)C)ccc1Br. The molecule has 1 aliphatic rings. The van der Waals surface area contributed by atoms with Gasteiger partial charge in [0, 0.05) is 10.5 Å². The minimum atomic E-state index is 0.317. The van der Waals surface area contributed by atoms with E-state index >= 15 is 0 Å². The zero-order valence-electron chi connectivity index (χ0n) is 12.3. The third-order valence-corrected chi connectivity index (χ3v) is 5.07. The van der Waals surface area contributed by atoms with Crippen LogP contribution < -0.4 is 4.74 Å². The monoisotopic (exact) mass is 325 g/mol. The molecule has 2 nitrogen and oxygen atoms in total. The highest BCUT2D eigenvalue weighted by Gasteiger charge is 2.32. The lowest BCUT2D eigenvalue weighted by atomic mass is 9.75. The fourth-order valence-electron chi connectivity index (χ4n) is 2.99. The van der Waals surface area contributed by atoms with Crippen molar-refractivity contribution in [2.24, 2.45) is 17.8 Å².